The second kappa shape index (κ2) is 4.57. The molecule has 2 rings (SSSR count). The predicted octanol–water partition coefficient (Wildman–Crippen LogP) is 1.69. The van der Waals surface area contributed by atoms with Crippen molar-refractivity contribution in [3.05, 3.63) is 35.2 Å². The number of aromatic nitrogens is 5. The zero-order valence-corrected chi connectivity index (χ0v) is 10.1. The van der Waals surface area contributed by atoms with E-state index < -0.39 is 0 Å². The molecule has 0 saturated heterocycles. The van der Waals surface area contributed by atoms with E-state index in [1.54, 1.807) is 17.8 Å². The van der Waals surface area contributed by atoms with Gasteiger partial charge < -0.3 is 0 Å². The Hall–Kier alpha value is -1.85. The lowest BCUT2D eigenvalue weighted by molar-refractivity contribution is 0.573. The van der Waals surface area contributed by atoms with Crippen molar-refractivity contribution in [1.82, 2.24) is 25.2 Å². The number of hydrogen-bond acceptors (Lipinski definition) is 4. The molecule has 0 saturated carbocycles. The van der Waals surface area contributed by atoms with Crippen LogP contribution in [0.5, 0.6) is 0 Å². The summed E-state index contributed by atoms with van der Waals surface area (Å²) in [7, 11) is 0. The van der Waals surface area contributed by atoms with Gasteiger partial charge in [-0.3, -0.25) is 4.98 Å². The lowest BCUT2D eigenvalue weighted by Gasteiger charge is -2.08. The average molecular weight is 235 g/mol. The van der Waals surface area contributed by atoms with Gasteiger partial charge in [-0.15, -0.1) is 5.10 Å². The Morgan fingerprint density at radius 3 is 2.71 bits per heavy atom. The third kappa shape index (κ3) is 2.46. The number of rotatable bonds is 3. The highest BCUT2D eigenvalue weighted by Crippen LogP contribution is 2.16. The van der Waals surface area contributed by atoms with Crippen LogP contribution in [-0.2, 0) is 6.54 Å². The van der Waals surface area contributed by atoms with Crippen molar-refractivity contribution < 1.29 is 4.39 Å². The highest BCUT2D eigenvalue weighted by Gasteiger charge is 2.10. The highest BCUT2D eigenvalue weighted by atomic mass is 19.1. The zero-order chi connectivity index (χ0) is 12.4. The number of tetrazole rings is 1. The van der Waals surface area contributed by atoms with Gasteiger partial charge in [0.2, 0.25) is 0 Å². The molecule has 0 radical (unpaired) electrons. The molecular formula is C11H14FN5. The monoisotopic (exact) mass is 235 g/mol. The Kier molecular flexibility index (Phi) is 3.12. The summed E-state index contributed by atoms with van der Waals surface area (Å²) in [6.45, 7) is 6.06. The minimum absolute atomic E-state index is 0.0822. The molecule has 0 aliphatic rings. The molecule has 0 atom stereocenters. The Bertz CT molecular complexity index is 520. The van der Waals surface area contributed by atoms with Crippen molar-refractivity contribution >= 4 is 0 Å². The number of pyridine rings is 1. The standard InChI is InChI=1S/C11H14FN5/c1-7(2)11-10(12)4-9(5-13-11)6-17-8(3)14-15-16-17/h4-5,7H,6H2,1-3H3. The molecule has 0 unspecified atom stereocenters. The van der Waals surface area contributed by atoms with Gasteiger partial charge in [0.15, 0.2) is 0 Å². The van der Waals surface area contributed by atoms with E-state index in [4.69, 9.17) is 0 Å². The van der Waals surface area contributed by atoms with Crippen LogP contribution in [0.2, 0.25) is 0 Å². The van der Waals surface area contributed by atoms with E-state index in [0.29, 0.717) is 18.1 Å². The maximum atomic E-state index is 13.7. The number of nitrogens with zero attached hydrogens (tertiary/aromatic N) is 5. The largest absolute Gasteiger partial charge is 0.258 e. The van der Waals surface area contributed by atoms with Crippen LogP contribution in [0.4, 0.5) is 4.39 Å². The van der Waals surface area contributed by atoms with E-state index in [1.807, 2.05) is 13.8 Å². The van der Waals surface area contributed by atoms with E-state index >= 15 is 0 Å². The third-order valence-electron chi connectivity index (χ3n) is 2.52. The SMILES string of the molecule is Cc1nnnn1Cc1cnc(C(C)C)c(F)c1. The third-order valence-corrected chi connectivity index (χ3v) is 2.52. The topological polar surface area (TPSA) is 56.5 Å². The fraction of sp³-hybridized carbons (Fsp3) is 0.455. The van der Waals surface area contributed by atoms with Crippen molar-refractivity contribution in [3.63, 3.8) is 0 Å². The van der Waals surface area contributed by atoms with E-state index in [2.05, 4.69) is 20.5 Å². The van der Waals surface area contributed by atoms with Crippen molar-refractivity contribution in [2.75, 3.05) is 0 Å². The molecule has 5 nitrogen and oxygen atoms in total. The van der Waals surface area contributed by atoms with Crippen LogP contribution in [0.25, 0.3) is 0 Å². The van der Waals surface area contributed by atoms with Gasteiger partial charge >= 0.3 is 0 Å². The number of hydrogen-bond donors (Lipinski definition) is 0. The molecule has 0 aliphatic heterocycles. The van der Waals surface area contributed by atoms with Crippen molar-refractivity contribution in [1.29, 1.82) is 0 Å². The quantitative estimate of drug-likeness (QED) is 0.812. The van der Waals surface area contributed by atoms with Gasteiger partial charge in [-0.1, -0.05) is 13.8 Å². The smallest absolute Gasteiger partial charge is 0.148 e. The molecule has 0 fully saturated rings. The number of aryl methyl sites for hydroxylation is 1. The van der Waals surface area contributed by atoms with Crippen molar-refractivity contribution in [3.8, 4) is 0 Å². The fourth-order valence-corrected chi connectivity index (χ4v) is 1.57. The van der Waals surface area contributed by atoms with Crippen LogP contribution in [-0.4, -0.2) is 25.2 Å². The molecule has 17 heavy (non-hydrogen) atoms. The van der Waals surface area contributed by atoms with Crippen LogP contribution in [0.15, 0.2) is 12.3 Å². The minimum Gasteiger partial charge on any atom is -0.258 e. The average Bonchev–Trinajstić information content (AvgIpc) is 2.64. The van der Waals surface area contributed by atoms with Crippen molar-refractivity contribution in [2.24, 2.45) is 0 Å². The van der Waals surface area contributed by atoms with Gasteiger partial charge in [-0.2, -0.15) is 0 Å². The molecule has 0 amide bonds. The Balaban J connectivity index is 2.24. The molecule has 2 aromatic rings. The number of halogens is 1. The summed E-state index contributed by atoms with van der Waals surface area (Å²) in [5.41, 5.74) is 1.24. The summed E-state index contributed by atoms with van der Waals surface area (Å²) in [6.07, 6.45) is 1.67. The molecule has 90 valence electrons. The first-order chi connectivity index (χ1) is 8.08. The second-order valence-electron chi connectivity index (χ2n) is 4.25. The molecule has 2 heterocycles. The first-order valence-corrected chi connectivity index (χ1v) is 5.45. The molecule has 6 heteroatoms. The summed E-state index contributed by atoms with van der Waals surface area (Å²) in [5.74, 6) is 0.500. The molecule has 0 aliphatic carbocycles. The lowest BCUT2D eigenvalue weighted by Crippen LogP contribution is -2.06. The molecule has 0 bridgehead atoms. The maximum Gasteiger partial charge on any atom is 0.148 e. The van der Waals surface area contributed by atoms with Crippen LogP contribution in [0.1, 0.15) is 36.8 Å². The Morgan fingerprint density at radius 1 is 1.41 bits per heavy atom. The van der Waals surface area contributed by atoms with E-state index in [9.17, 15) is 4.39 Å². The summed E-state index contributed by atoms with van der Waals surface area (Å²) >= 11 is 0. The van der Waals surface area contributed by atoms with Gasteiger partial charge in [0.1, 0.15) is 11.6 Å². The first-order valence-electron chi connectivity index (χ1n) is 5.45. The summed E-state index contributed by atoms with van der Waals surface area (Å²) in [4.78, 5) is 4.13. The summed E-state index contributed by atoms with van der Waals surface area (Å²) < 4.78 is 15.3. The zero-order valence-electron chi connectivity index (χ0n) is 10.1. The molecule has 0 aromatic carbocycles. The second-order valence-corrected chi connectivity index (χ2v) is 4.25. The lowest BCUT2D eigenvalue weighted by atomic mass is 10.1. The Morgan fingerprint density at radius 2 is 2.18 bits per heavy atom. The van der Waals surface area contributed by atoms with Crippen LogP contribution >= 0.6 is 0 Å². The van der Waals surface area contributed by atoms with Crippen LogP contribution in [0, 0.1) is 12.7 Å². The summed E-state index contributed by atoms with van der Waals surface area (Å²) in [5, 5.41) is 11.1. The van der Waals surface area contributed by atoms with E-state index in [-0.39, 0.29) is 11.7 Å². The molecule has 0 spiro atoms. The van der Waals surface area contributed by atoms with E-state index in [0.717, 1.165) is 5.56 Å². The van der Waals surface area contributed by atoms with Crippen LogP contribution < -0.4 is 0 Å². The van der Waals surface area contributed by atoms with Gasteiger partial charge in [0.25, 0.3) is 0 Å². The molecule has 2 aromatic heterocycles. The van der Waals surface area contributed by atoms with Crippen molar-refractivity contribution in [2.45, 2.75) is 33.2 Å². The fourth-order valence-electron chi connectivity index (χ4n) is 1.57. The highest BCUT2D eigenvalue weighted by molar-refractivity contribution is 5.18. The first kappa shape index (κ1) is 11.6. The Labute approximate surface area is 98.7 Å². The maximum absolute atomic E-state index is 13.7. The van der Waals surface area contributed by atoms with Gasteiger partial charge in [0, 0.05) is 6.20 Å². The van der Waals surface area contributed by atoms with Gasteiger partial charge in [-0.25, -0.2) is 9.07 Å². The molecule has 0 N–H and O–H groups in total. The molecular weight excluding hydrogens is 221 g/mol. The summed E-state index contributed by atoms with van der Waals surface area (Å²) in [6, 6.07) is 1.49. The van der Waals surface area contributed by atoms with Gasteiger partial charge in [-0.05, 0) is 34.9 Å². The minimum atomic E-state index is -0.275. The van der Waals surface area contributed by atoms with Gasteiger partial charge in [0.05, 0.1) is 12.2 Å². The predicted molar refractivity (Wildman–Crippen MR) is 59.9 cm³/mol. The normalized spacial score (nSPS) is 11.1. The van der Waals surface area contributed by atoms with E-state index in [1.165, 1.54) is 6.07 Å². The van der Waals surface area contributed by atoms with Crippen LogP contribution in [0.3, 0.4) is 0 Å².